The molecule has 5 nitrogen and oxygen atoms in total. The molecule has 0 aliphatic heterocycles. The Morgan fingerprint density at radius 2 is 2.00 bits per heavy atom. The first-order valence-corrected chi connectivity index (χ1v) is 7.22. The predicted octanol–water partition coefficient (Wildman–Crippen LogP) is 2.24. The molecule has 0 saturated heterocycles. The summed E-state index contributed by atoms with van der Waals surface area (Å²) < 4.78 is 1.70. The summed E-state index contributed by atoms with van der Waals surface area (Å²) in [6.07, 6.45) is 4.61. The summed E-state index contributed by atoms with van der Waals surface area (Å²) in [5.41, 5.74) is 1.70. The second-order valence-corrected chi connectivity index (χ2v) is 5.77. The number of nitrogens with zero attached hydrogens (tertiary/aromatic N) is 2. The highest BCUT2D eigenvalue weighted by Gasteiger charge is 2.26. The van der Waals surface area contributed by atoms with Crippen LogP contribution in [0.1, 0.15) is 55.6 Å². The molecule has 1 aliphatic rings. The molecule has 0 aromatic carbocycles. The Morgan fingerprint density at radius 1 is 1.40 bits per heavy atom. The number of carbonyl (C=O) groups is 1. The van der Waals surface area contributed by atoms with Crippen molar-refractivity contribution in [2.75, 3.05) is 0 Å². The average molecular weight is 278 g/mol. The van der Waals surface area contributed by atoms with Gasteiger partial charge in [-0.25, -0.2) is 4.79 Å². The van der Waals surface area contributed by atoms with E-state index in [-0.39, 0.29) is 18.2 Å². The number of carboxylic acid groups (broad SMARTS) is 1. The smallest absolute Gasteiger partial charge is 0.348 e. The Balaban J connectivity index is 2.46. The minimum atomic E-state index is -0.892. The van der Waals surface area contributed by atoms with Crippen LogP contribution in [0.15, 0.2) is 4.79 Å². The Bertz CT molecular complexity index is 571. The molecule has 2 rings (SSSR count). The van der Waals surface area contributed by atoms with Gasteiger partial charge in [0.1, 0.15) is 0 Å². The standard InChI is InChI=1S/C15H22N2O3/c1-9-13(8-14(18)19)11(3)17(15(20)16-9)10(2)12-6-4-5-7-12/h10,12H,4-8H2,1-3H3,(H,18,19). The Morgan fingerprint density at radius 3 is 2.55 bits per heavy atom. The first kappa shape index (κ1) is 14.8. The van der Waals surface area contributed by atoms with E-state index in [4.69, 9.17) is 5.11 Å². The topological polar surface area (TPSA) is 72.2 Å². The lowest BCUT2D eigenvalue weighted by atomic mass is 9.98. The summed E-state index contributed by atoms with van der Waals surface area (Å²) in [6, 6.07) is 0.0886. The third-order valence-electron chi connectivity index (χ3n) is 4.52. The highest BCUT2D eigenvalue weighted by Crippen LogP contribution is 2.34. The zero-order chi connectivity index (χ0) is 14.9. The predicted molar refractivity (Wildman–Crippen MR) is 76.0 cm³/mol. The molecule has 0 radical (unpaired) electrons. The van der Waals surface area contributed by atoms with Crippen molar-refractivity contribution in [1.82, 2.24) is 9.55 Å². The maximum absolute atomic E-state index is 12.2. The van der Waals surface area contributed by atoms with Gasteiger partial charge in [-0.3, -0.25) is 9.36 Å². The van der Waals surface area contributed by atoms with Crippen LogP contribution < -0.4 is 5.69 Å². The summed E-state index contributed by atoms with van der Waals surface area (Å²) >= 11 is 0. The lowest BCUT2D eigenvalue weighted by Gasteiger charge is -2.25. The van der Waals surface area contributed by atoms with Gasteiger partial charge in [-0.1, -0.05) is 12.8 Å². The van der Waals surface area contributed by atoms with Gasteiger partial charge in [0.25, 0.3) is 0 Å². The molecule has 1 N–H and O–H groups in total. The summed E-state index contributed by atoms with van der Waals surface area (Å²) in [6.45, 7) is 5.59. The van der Waals surface area contributed by atoms with Gasteiger partial charge in [0, 0.05) is 23.0 Å². The molecular formula is C15H22N2O3. The van der Waals surface area contributed by atoms with E-state index in [0.717, 1.165) is 18.5 Å². The molecule has 1 fully saturated rings. The molecule has 0 amide bonds. The number of aromatic nitrogens is 2. The van der Waals surface area contributed by atoms with Crippen LogP contribution in [0, 0.1) is 19.8 Å². The van der Waals surface area contributed by atoms with Crippen molar-refractivity contribution in [2.24, 2.45) is 5.92 Å². The third kappa shape index (κ3) is 2.76. The van der Waals surface area contributed by atoms with Crippen LogP contribution in [-0.4, -0.2) is 20.6 Å². The van der Waals surface area contributed by atoms with E-state index >= 15 is 0 Å². The second-order valence-electron chi connectivity index (χ2n) is 5.77. The van der Waals surface area contributed by atoms with Crippen LogP contribution >= 0.6 is 0 Å². The molecule has 1 atom stereocenters. The molecule has 1 saturated carbocycles. The number of rotatable bonds is 4. The van der Waals surface area contributed by atoms with E-state index in [1.165, 1.54) is 12.8 Å². The number of aliphatic carboxylic acids is 1. The normalized spacial score (nSPS) is 17.4. The molecule has 1 heterocycles. The zero-order valence-electron chi connectivity index (χ0n) is 12.3. The van der Waals surface area contributed by atoms with Crippen LogP contribution in [0.4, 0.5) is 0 Å². The van der Waals surface area contributed by atoms with Gasteiger partial charge in [0.05, 0.1) is 6.42 Å². The van der Waals surface area contributed by atoms with E-state index in [1.54, 1.807) is 11.5 Å². The first-order chi connectivity index (χ1) is 9.41. The number of hydrogen-bond acceptors (Lipinski definition) is 3. The van der Waals surface area contributed by atoms with Crippen LogP contribution in [-0.2, 0) is 11.2 Å². The Labute approximate surface area is 118 Å². The SMILES string of the molecule is Cc1nc(=O)n(C(C)C2CCCC2)c(C)c1CC(=O)O. The van der Waals surface area contributed by atoms with Crippen molar-refractivity contribution in [3.8, 4) is 0 Å². The lowest BCUT2D eigenvalue weighted by molar-refractivity contribution is -0.136. The van der Waals surface area contributed by atoms with E-state index < -0.39 is 5.97 Å². The van der Waals surface area contributed by atoms with Crippen LogP contribution in [0.25, 0.3) is 0 Å². The van der Waals surface area contributed by atoms with Crippen molar-refractivity contribution in [2.45, 2.75) is 58.9 Å². The third-order valence-corrected chi connectivity index (χ3v) is 4.52. The first-order valence-electron chi connectivity index (χ1n) is 7.22. The monoisotopic (exact) mass is 278 g/mol. The minimum Gasteiger partial charge on any atom is -0.481 e. The van der Waals surface area contributed by atoms with Gasteiger partial charge in [0.2, 0.25) is 0 Å². The Hall–Kier alpha value is -1.65. The molecular weight excluding hydrogens is 256 g/mol. The summed E-state index contributed by atoms with van der Waals surface area (Å²) in [5, 5.41) is 9.01. The average Bonchev–Trinajstić information content (AvgIpc) is 2.87. The van der Waals surface area contributed by atoms with Gasteiger partial charge in [-0.05, 0) is 39.5 Å². The van der Waals surface area contributed by atoms with Gasteiger partial charge < -0.3 is 5.11 Å². The van der Waals surface area contributed by atoms with E-state index in [2.05, 4.69) is 4.98 Å². The molecule has 1 aliphatic carbocycles. The van der Waals surface area contributed by atoms with Crippen molar-refractivity contribution in [3.63, 3.8) is 0 Å². The fourth-order valence-electron chi connectivity index (χ4n) is 3.35. The molecule has 5 heteroatoms. The fraction of sp³-hybridized carbons (Fsp3) is 0.667. The fourth-order valence-corrected chi connectivity index (χ4v) is 3.35. The molecule has 20 heavy (non-hydrogen) atoms. The number of aryl methyl sites for hydroxylation is 1. The van der Waals surface area contributed by atoms with Gasteiger partial charge in [0.15, 0.2) is 0 Å². The van der Waals surface area contributed by atoms with Gasteiger partial charge >= 0.3 is 11.7 Å². The maximum atomic E-state index is 12.2. The van der Waals surface area contributed by atoms with Crippen molar-refractivity contribution >= 4 is 5.97 Å². The van der Waals surface area contributed by atoms with Gasteiger partial charge in [-0.2, -0.15) is 4.98 Å². The molecule has 1 unspecified atom stereocenters. The van der Waals surface area contributed by atoms with Crippen LogP contribution in [0.3, 0.4) is 0 Å². The highest BCUT2D eigenvalue weighted by atomic mass is 16.4. The van der Waals surface area contributed by atoms with E-state index in [1.807, 2.05) is 13.8 Å². The number of hydrogen-bond donors (Lipinski definition) is 1. The van der Waals surface area contributed by atoms with Crippen molar-refractivity contribution in [1.29, 1.82) is 0 Å². The lowest BCUT2D eigenvalue weighted by Crippen LogP contribution is -2.33. The zero-order valence-corrected chi connectivity index (χ0v) is 12.3. The molecule has 1 aromatic rings. The largest absolute Gasteiger partial charge is 0.481 e. The Kier molecular flexibility index (Phi) is 4.26. The minimum absolute atomic E-state index is 0.0810. The number of carboxylic acids is 1. The van der Waals surface area contributed by atoms with E-state index in [0.29, 0.717) is 17.2 Å². The maximum Gasteiger partial charge on any atom is 0.348 e. The molecule has 0 spiro atoms. The van der Waals surface area contributed by atoms with Crippen molar-refractivity contribution in [3.05, 3.63) is 27.4 Å². The van der Waals surface area contributed by atoms with Gasteiger partial charge in [-0.15, -0.1) is 0 Å². The van der Waals surface area contributed by atoms with E-state index in [9.17, 15) is 9.59 Å². The summed E-state index contributed by atoms with van der Waals surface area (Å²) in [4.78, 5) is 27.2. The van der Waals surface area contributed by atoms with Crippen LogP contribution in [0.5, 0.6) is 0 Å². The van der Waals surface area contributed by atoms with Crippen molar-refractivity contribution < 1.29 is 9.90 Å². The molecule has 0 bridgehead atoms. The van der Waals surface area contributed by atoms with Crippen LogP contribution in [0.2, 0.25) is 0 Å². The molecule has 1 aromatic heterocycles. The quantitative estimate of drug-likeness (QED) is 0.916. The summed E-state index contributed by atoms with van der Waals surface area (Å²) in [7, 11) is 0. The molecule has 110 valence electrons. The summed E-state index contributed by atoms with van der Waals surface area (Å²) in [5.74, 6) is -0.398. The second kappa shape index (κ2) is 5.77. The highest BCUT2D eigenvalue weighted by molar-refractivity contribution is 5.70.